The quantitative estimate of drug-likeness (QED) is 0.552. The van der Waals surface area contributed by atoms with E-state index < -0.39 is 15.9 Å². The number of pyridine rings is 1. The molecule has 158 valence electrons. The number of halogens is 1. The van der Waals surface area contributed by atoms with Crippen LogP contribution in [0.4, 0.5) is 0 Å². The predicted molar refractivity (Wildman–Crippen MR) is 115 cm³/mol. The van der Waals surface area contributed by atoms with Crippen molar-refractivity contribution in [1.29, 1.82) is 0 Å². The number of carbonyl (C=O) groups excluding carboxylic acids is 2. The Morgan fingerprint density at radius 1 is 0.935 bits per heavy atom. The molecule has 2 amide bonds. The Balaban J connectivity index is 1.39. The Morgan fingerprint density at radius 3 is 2.39 bits per heavy atom. The highest BCUT2D eigenvalue weighted by molar-refractivity contribution is 7.89. The Morgan fingerprint density at radius 2 is 1.68 bits per heavy atom. The van der Waals surface area contributed by atoms with E-state index in [4.69, 9.17) is 11.6 Å². The SMILES string of the molecule is O=C1c2cccnc2C(=O)N1CCc1ccc(S(=O)(=O)NCc2ccccc2Cl)cc1. The topological polar surface area (TPSA) is 96.4 Å². The molecule has 3 aromatic rings. The van der Waals surface area contributed by atoms with Crippen LogP contribution in [0.25, 0.3) is 0 Å². The summed E-state index contributed by atoms with van der Waals surface area (Å²) in [4.78, 5) is 30.0. The van der Waals surface area contributed by atoms with Gasteiger partial charge in [-0.2, -0.15) is 0 Å². The third kappa shape index (κ3) is 4.36. The summed E-state index contributed by atoms with van der Waals surface area (Å²) in [5.41, 5.74) is 1.95. The molecule has 1 aliphatic rings. The van der Waals surface area contributed by atoms with Crippen molar-refractivity contribution in [3.05, 3.63) is 94.3 Å². The van der Waals surface area contributed by atoms with Crippen LogP contribution in [0.3, 0.4) is 0 Å². The molecule has 0 radical (unpaired) electrons. The second-order valence-corrected chi connectivity index (χ2v) is 9.15. The molecule has 0 fully saturated rings. The lowest BCUT2D eigenvalue weighted by molar-refractivity contribution is 0.0654. The zero-order valence-electron chi connectivity index (χ0n) is 16.3. The monoisotopic (exact) mass is 455 g/mol. The molecule has 2 heterocycles. The summed E-state index contributed by atoms with van der Waals surface area (Å²) in [6.07, 6.45) is 1.88. The van der Waals surface area contributed by atoms with Gasteiger partial charge in [-0.1, -0.05) is 41.9 Å². The average molecular weight is 456 g/mol. The smallest absolute Gasteiger partial charge is 0.273 e. The van der Waals surface area contributed by atoms with Crippen molar-refractivity contribution in [1.82, 2.24) is 14.6 Å². The Labute approximate surface area is 184 Å². The lowest BCUT2D eigenvalue weighted by Gasteiger charge is -2.13. The lowest BCUT2D eigenvalue weighted by Crippen LogP contribution is -2.31. The molecule has 1 aliphatic heterocycles. The number of amides is 2. The van der Waals surface area contributed by atoms with E-state index in [0.717, 1.165) is 10.5 Å². The van der Waals surface area contributed by atoms with Gasteiger partial charge in [-0.05, 0) is 47.9 Å². The van der Waals surface area contributed by atoms with Gasteiger partial charge in [0.15, 0.2) is 0 Å². The number of sulfonamides is 1. The maximum atomic E-state index is 12.5. The van der Waals surface area contributed by atoms with Crippen LogP contribution in [0, 0.1) is 0 Å². The number of fused-ring (bicyclic) bond motifs is 1. The normalized spacial score (nSPS) is 13.5. The number of aromatic nitrogens is 1. The van der Waals surface area contributed by atoms with E-state index in [1.54, 1.807) is 48.5 Å². The van der Waals surface area contributed by atoms with Crippen LogP contribution in [-0.2, 0) is 23.0 Å². The Bertz CT molecular complexity index is 1220. The molecule has 0 saturated heterocycles. The van der Waals surface area contributed by atoms with E-state index in [9.17, 15) is 18.0 Å². The molecule has 0 spiro atoms. The molecule has 0 unspecified atom stereocenters. The molecule has 0 aliphatic carbocycles. The van der Waals surface area contributed by atoms with E-state index in [1.807, 2.05) is 0 Å². The molecular formula is C22H18ClN3O4S. The molecule has 0 saturated carbocycles. The lowest BCUT2D eigenvalue weighted by atomic mass is 10.1. The summed E-state index contributed by atoms with van der Waals surface area (Å²) in [7, 11) is -3.71. The van der Waals surface area contributed by atoms with Crippen LogP contribution in [0.5, 0.6) is 0 Å². The fourth-order valence-electron chi connectivity index (χ4n) is 3.29. The molecule has 7 nitrogen and oxygen atoms in total. The van der Waals surface area contributed by atoms with Crippen LogP contribution >= 0.6 is 11.6 Å². The predicted octanol–water partition coefficient (Wildman–Crippen LogP) is 3.05. The van der Waals surface area contributed by atoms with Crippen molar-refractivity contribution in [2.75, 3.05) is 6.54 Å². The number of imide groups is 1. The van der Waals surface area contributed by atoms with Crippen LogP contribution in [-0.4, -0.2) is 36.7 Å². The molecule has 1 aromatic heterocycles. The number of benzene rings is 2. The molecular weight excluding hydrogens is 438 g/mol. The van der Waals surface area contributed by atoms with Crippen molar-refractivity contribution in [2.45, 2.75) is 17.9 Å². The first kappa shape index (κ1) is 21.2. The van der Waals surface area contributed by atoms with Gasteiger partial charge in [0.25, 0.3) is 11.8 Å². The molecule has 0 atom stereocenters. The van der Waals surface area contributed by atoms with Gasteiger partial charge >= 0.3 is 0 Å². The maximum absolute atomic E-state index is 12.5. The summed E-state index contributed by atoms with van der Waals surface area (Å²) < 4.78 is 27.6. The third-order valence-electron chi connectivity index (χ3n) is 5.00. The molecule has 9 heteroatoms. The minimum Gasteiger partial charge on any atom is -0.273 e. The van der Waals surface area contributed by atoms with E-state index in [2.05, 4.69) is 9.71 Å². The first-order valence-corrected chi connectivity index (χ1v) is 11.4. The van der Waals surface area contributed by atoms with E-state index >= 15 is 0 Å². The molecule has 4 rings (SSSR count). The number of rotatable bonds is 7. The molecule has 31 heavy (non-hydrogen) atoms. The summed E-state index contributed by atoms with van der Waals surface area (Å²) >= 11 is 6.07. The highest BCUT2D eigenvalue weighted by Gasteiger charge is 2.36. The number of carbonyl (C=O) groups is 2. The van der Waals surface area contributed by atoms with Gasteiger partial charge in [0.05, 0.1) is 10.5 Å². The van der Waals surface area contributed by atoms with Crippen molar-refractivity contribution < 1.29 is 18.0 Å². The summed E-state index contributed by atoms with van der Waals surface area (Å²) in [6, 6.07) is 16.5. The zero-order chi connectivity index (χ0) is 22.0. The van der Waals surface area contributed by atoms with E-state index in [1.165, 1.54) is 18.3 Å². The summed E-state index contributed by atoms with van der Waals surface area (Å²) in [6.45, 7) is 0.266. The first-order valence-electron chi connectivity index (χ1n) is 9.50. The second kappa shape index (κ2) is 8.58. The van der Waals surface area contributed by atoms with E-state index in [-0.39, 0.29) is 29.6 Å². The Kier molecular flexibility index (Phi) is 5.86. The maximum Gasteiger partial charge on any atom is 0.280 e. The van der Waals surface area contributed by atoms with Gasteiger partial charge in [-0.15, -0.1) is 0 Å². The number of hydrogen-bond donors (Lipinski definition) is 1. The van der Waals surface area contributed by atoms with Crippen LogP contribution in [0.2, 0.25) is 5.02 Å². The highest BCUT2D eigenvalue weighted by atomic mass is 35.5. The van der Waals surface area contributed by atoms with Gasteiger partial charge in [-0.3, -0.25) is 19.5 Å². The first-order chi connectivity index (χ1) is 14.9. The summed E-state index contributed by atoms with van der Waals surface area (Å²) in [5, 5.41) is 0.490. The number of nitrogens with one attached hydrogen (secondary N) is 1. The molecule has 0 bridgehead atoms. The van der Waals surface area contributed by atoms with Crippen molar-refractivity contribution in [3.63, 3.8) is 0 Å². The largest absolute Gasteiger partial charge is 0.280 e. The highest BCUT2D eigenvalue weighted by Crippen LogP contribution is 2.21. The zero-order valence-corrected chi connectivity index (χ0v) is 17.9. The minimum atomic E-state index is -3.71. The van der Waals surface area contributed by atoms with Gasteiger partial charge in [-0.25, -0.2) is 13.1 Å². The van der Waals surface area contributed by atoms with Gasteiger partial charge < -0.3 is 0 Å². The fraction of sp³-hybridized carbons (Fsp3) is 0.136. The average Bonchev–Trinajstić information content (AvgIpc) is 3.02. The van der Waals surface area contributed by atoms with Crippen LogP contribution in [0.1, 0.15) is 32.0 Å². The summed E-state index contributed by atoms with van der Waals surface area (Å²) in [5.74, 6) is -0.778. The van der Waals surface area contributed by atoms with Crippen LogP contribution < -0.4 is 4.72 Å². The molecule has 1 N–H and O–H groups in total. The Hall–Kier alpha value is -3.07. The second-order valence-electron chi connectivity index (χ2n) is 6.97. The van der Waals surface area contributed by atoms with Crippen LogP contribution in [0.15, 0.2) is 71.8 Å². The van der Waals surface area contributed by atoms with Gasteiger partial charge in [0, 0.05) is 24.3 Å². The van der Waals surface area contributed by atoms with Crippen molar-refractivity contribution >= 4 is 33.4 Å². The number of hydrogen-bond acceptors (Lipinski definition) is 5. The van der Waals surface area contributed by atoms with Gasteiger partial charge in [0.1, 0.15) is 5.69 Å². The number of nitrogens with zero attached hydrogens (tertiary/aromatic N) is 2. The third-order valence-corrected chi connectivity index (χ3v) is 6.79. The minimum absolute atomic E-state index is 0.0809. The standard InChI is InChI=1S/C22H18ClN3O4S/c23-19-6-2-1-4-16(19)14-25-31(29,30)17-9-7-15(8-10-17)11-13-26-21(27)18-5-3-12-24-20(18)22(26)28/h1-10,12,25H,11,13-14H2. The van der Waals surface area contributed by atoms with Crippen molar-refractivity contribution in [2.24, 2.45) is 0 Å². The molecule has 2 aromatic carbocycles. The fourth-order valence-corrected chi connectivity index (χ4v) is 4.50. The van der Waals surface area contributed by atoms with Gasteiger partial charge in [0.2, 0.25) is 10.0 Å². The van der Waals surface area contributed by atoms with E-state index in [0.29, 0.717) is 22.6 Å². The van der Waals surface area contributed by atoms with Crippen molar-refractivity contribution in [3.8, 4) is 0 Å².